The van der Waals surface area contributed by atoms with Crippen LogP contribution in [0.2, 0.25) is 0 Å². The molecule has 2 N–H and O–H groups in total. The first kappa shape index (κ1) is 17.6. The number of sulfonamides is 1. The maximum absolute atomic E-state index is 12.3. The van der Waals surface area contributed by atoms with Crippen molar-refractivity contribution in [2.24, 2.45) is 0 Å². The average Bonchev–Trinajstić information content (AvgIpc) is 2.43. The Hall–Kier alpha value is -1.47. The largest absolute Gasteiger partial charge is 0.497 e. The molecule has 0 saturated heterocycles. The Morgan fingerprint density at radius 3 is 2.33 bits per heavy atom. The van der Waals surface area contributed by atoms with Gasteiger partial charge in [-0.15, -0.1) is 0 Å². The molecule has 0 radical (unpaired) electrons. The highest BCUT2D eigenvalue weighted by atomic mass is 32.2. The normalized spacial score (nSPS) is 13.0. The van der Waals surface area contributed by atoms with Crippen LogP contribution in [0.5, 0.6) is 11.5 Å². The maximum atomic E-state index is 12.3. The van der Waals surface area contributed by atoms with Gasteiger partial charge in [-0.05, 0) is 19.1 Å². The third-order valence-electron chi connectivity index (χ3n) is 3.00. The predicted molar refractivity (Wildman–Crippen MR) is 84.7 cm³/mol. The van der Waals surface area contributed by atoms with Crippen molar-refractivity contribution in [1.82, 2.24) is 5.32 Å². The van der Waals surface area contributed by atoms with Crippen LogP contribution in [0.4, 0.5) is 5.69 Å². The highest BCUT2D eigenvalue weighted by molar-refractivity contribution is 7.93. The van der Waals surface area contributed by atoms with Crippen molar-refractivity contribution in [3.8, 4) is 11.5 Å². The Balaban J connectivity index is 2.92. The van der Waals surface area contributed by atoms with Crippen LogP contribution in [0.1, 0.15) is 20.8 Å². The van der Waals surface area contributed by atoms with E-state index in [0.717, 1.165) is 0 Å². The van der Waals surface area contributed by atoms with Crippen LogP contribution in [0, 0.1) is 0 Å². The molecule has 1 aromatic carbocycles. The number of anilines is 1. The molecule has 1 aromatic rings. The second-order valence-corrected chi connectivity index (χ2v) is 7.19. The first-order valence-electron chi connectivity index (χ1n) is 6.77. The second-order valence-electron chi connectivity index (χ2n) is 5.09. The molecule has 0 spiro atoms. The van der Waals surface area contributed by atoms with Crippen LogP contribution in [0.3, 0.4) is 0 Å². The zero-order valence-corrected chi connectivity index (χ0v) is 14.0. The minimum absolute atomic E-state index is 0.231. The van der Waals surface area contributed by atoms with Crippen LogP contribution in [0.15, 0.2) is 18.2 Å². The molecule has 21 heavy (non-hydrogen) atoms. The van der Waals surface area contributed by atoms with E-state index in [0.29, 0.717) is 23.7 Å². The summed E-state index contributed by atoms with van der Waals surface area (Å²) < 4.78 is 37.5. The molecule has 0 aromatic heterocycles. The van der Waals surface area contributed by atoms with E-state index in [-0.39, 0.29) is 6.04 Å². The number of rotatable bonds is 8. The fourth-order valence-corrected chi connectivity index (χ4v) is 2.64. The van der Waals surface area contributed by atoms with E-state index in [1.54, 1.807) is 25.1 Å². The SMILES string of the molecule is COc1ccc(OC)c(NS(=O)(=O)C(C)CNC(C)C)c1. The minimum Gasteiger partial charge on any atom is -0.497 e. The van der Waals surface area contributed by atoms with Gasteiger partial charge in [0.25, 0.3) is 0 Å². The first-order valence-corrected chi connectivity index (χ1v) is 8.31. The number of benzene rings is 1. The number of hydrogen-bond donors (Lipinski definition) is 2. The summed E-state index contributed by atoms with van der Waals surface area (Å²) in [6.07, 6.45) is 0. The molecule has 120 valence electrons. The molecule has 1 atom stereocenters. The van der Waals surface area contributed by atoms with Crippen molar-refractivity contribution >= 4 is 15.7 Å². The van der Waals surface area contributed by atoms with Crippen LogP contribution in [-0.2, 0) is 10.0 Å². The van der Waals surface area contributed by atoms with Crippen molar-refractivity contribution in [2.75, 3.05) is 25.5 Å². The lowest BCUT2D eigenvalue weighted by Gasteiger charge is -2.18. The zero-order valence-electron chi connectivity index (χ0n) is 13.1. The summed E-state index contributed by atoms with van der Waals surface area (Å²) in [7, 11) is -0.502. The predicted octanol–water partition coefficient (Wildman–Crippen LogP) is 1.83. The highest BCUT2D eigenvalue weighted by Crippen LogP contribution is 2.30. The zero-order chi connectivity index (χ0) is 16.0. The number of methoxy groups -OCH3 is 2. The molecular weight excluding hydrogens is 292 g/mol. The fourth-order valence-electron chi connectivity index (χ4n) is 1.66. The van der Waals surface area contributed by atoms with Gasteiger partial charge in [0.1, 0.15) is 11.5 Å². The van der Waals surface area contributed by atoms with Crippen LogP contribution in [0.25, 0.3) is 0 Å². The highest BCUT2D eigenvalue weighted by Gasteiger charge is 2.22. The molecular formula is C14H24N2O4S. The molecule has 6 nitrogen and oxygen atoms in total. The quantitative estimate of drug-likeness (QED) is 0.765. The first-order chi connectivity index (χ1) is 9.80. The van der Waals surface area contributed by atoms with E-state index in [1.807, 2.05) is 13.8 Å². The number of nitrogens with one attached hydrogen (secondary N) is 2. The summed E-state index contributed by atoms with van der Waals surface area (Å²) >= 11 is 0. The topological polar surface area (TPSA) is 76.7 Å². The van der Waals surface area contributed by atoms with Crippen LogP contribution >= 0.6 is 0 Å². The lowest BCUT2D eigenvalue weighted by Crippen LogP contribution is -2.37. The lowest BCUT2D eigenvalue weighted by molar-refractivity contribution is 0.405. The fraction of sp³-hybridized carbons (Fsp3) is 0.571. The van der Waals surface area contributed by atoms with Crippen LogP contribution < -0.4 is 19.5 Å². The van der Waals surface area contributed by atoms with Gasteiger partial charge in [-0.3, -0.25) is 4.72 Å². The van der Waals surface area contributed by atoms with E-state index in [1.165, 1.54) is 14.2 Å². The molecule has 0 aliphatic rings. The molecule has 0 saturated carbocycles. The Kier molecular flexibility index (Phi) is 6.29. The van der Waals surface area contributed by atoms with Crippen molar-refractivity contribution in [2.45, 2.75) is 32.1 Å². The molecule has 1 unspecified atom stereocenters. The van der Waals surface area contributed by atoms with E-state index in [4.69, 9.17) is 9.47 Å². The third-order valence-corrected chi connectivity index (χ3v) is 4.73. The van der Waals surface area contributed by atoms with Crippen molar-refractivity contribution in [1.29, 1.82) is 0 Å². The smallest absolute Gasteiger partial charge is 0.236 e. The molecule has 0 aliphatic heterocycles. The summed E-state index contributed by atoms with van der Waals surface area (Å²) in [5.74, 6) is 1.00. The summed E-state index contributed by atoms with van der Waals surface area (Å²) in [6, 6.07) is 5.20. The van der Waals surface area contributed by atoms with E-state index in [9.17, 15) is 8.42 Å². The van der Waals surface area contributed by atoms with Gasteiger partial charge >= 0.3 is 0 Å². The Labute approximate surface area is 126 Å². The minimum atomic E-state index is -3.51. The van der Waals surface area contributed by atoms with Gasteiger partial charge in [-0.2, -0.15) is 0 Å². The number of hydrogen-bond acceptors (Lipinski definition) is 5. The van der Waals surface area contributed by atoms with Gasteiger partial charge in [0.15, 0.2) is 0 Å². The van der Waals surface area contributed by atoms with Crippen molar-refractivity contribution in [3.63, 3.8) is 0 Å². The van der Waals surface area contributed by atoms with Gasteiger partial charge < -0.3 is 14.8 Å². The van der Waals surface area contributed by atoms with E-state index >= 15 is 0 Å². The number of ether oxygens (including phenoxy) is 2. The molecule has 0 bridgehead atoms. The summed E-state index contributed by atoms with van der Waals surface area (Å²) in [5.41, 5.74) is 0.369. The summed E-state index contributed by atoms with van der Waals surface area (Å²) in [5, 5.41) is 2.54. The molecule has 7 heteroatoms. The van der Waals surface area contributed by atoms with Crippen LogP contribution in [-0.4, -0.2) is 40.5 Å². The Bertz CT molecular complexity index is 558. The molecule has 0 aliphatic carbocycles. The lowest BCUT2D eigenvalue weighted by atomic mass is 10.3. The standard InChI is InChI=1S/C14H24N2O4S/c1-10(2)15-9-11(3)21(17,18)16-13-8-12(19-4)6-7-14(13)20-5/h6-8,10-11,15-16H,9H2,1-5H3. The van der Waals surface area contributed by atoms with E-state index in [2.05, 4.69) is 10.0 Å². The maximum Gasteiger partial charge on any atom is 0.236 e. The Morgan fingerprint density at radius 1 is 1.14 bits per heavy atom. The second kappa shape index (κ2) is 7.51. The van der Waals surface area contributed by atoms with Crippen molar-refractivity contribution in [3.05, 3.63) is 18.2 Å². The molecule has 1 rings (SSSR count). The van der Waals surface area contributed by atoms with E-state index < -0.39 is 15.3 Å². The van der Waals surface area contributed by atoms with Crippen molar-refractivity contribution < 1.29 is 17.9 Å². The van der Waals surface area contributed by atoms with Gasteiger partial charge in [0.05, 0.1) is 25.2 Å². The van der Waals surface area contributed by atoms with Gasteiger partial charge in [-0.1, -0.05) is 13.8 Å². The third kappa shape index (κ3) is 5.09. The summed E-state index contributed by atoms with van der Waals surface area (Å²) in [6.45, 7) is 5.97. The van der Waals surface area contributed by atoms with Gasteiger partial charge in [-0.25, -0.2) is 8.42 Å². The average molecular weight is 316 g/mol. The molecule has 0 fully saturated rings. The van der Waals surface area contributed by atoms with Gasteiger partial charge in [0, 0.05) is 18.7 Å². The molecule has 0 amide bonds. The van der Waals surface area contributed by atoms with Gasteiger partial charge in [0.2, 0.25) is 10.0 Å². The Morgan fingerprint density at radius 2 is 1.81 bits per heavy atom. The summed E-state index contributed by atoms with van der Waals surface area (Å²) in [4.78, 5) is 0. The molecule has 0 heterocycles. The monoisotopic (exact) mass is 316 g/mol.